The number of esters is 1. The fourth-order valence-electron chi connectivity index (χ4n) is 2.97. The van der Waals surface area contributed by atoms with Crippen LogP contribution in [0.2, 0.25) is 0 Å². The van der Waals surface area contributed by atoms with Gasteiger partial charge >= 0.3 is 5.97 Å². The summed E-state index contributed by atoms with van der Waals surface area (Å²) in [5.74, 6) is -0.165. The minimum Gasteiger partial charge on any atom is -0.598 e. The van der Waals surface area contributed by atoms with Gasteiger partial charge in [-0.05, 0) is 40.0 Å². The average Bonchev–Trinajstić information content (AvgIpc) is 2.85. The first-order chi connectivity index (χ1) is 10.3. The lowest BCUT2D eigenvalue weighted by molar-refractivity contribution is -0.156. The molecule has 0 spiro atoms. The number of nitrogens with one attached hydrogen (secondary N) is 1. The van der Waals surface area contributed by atoms with Crippen LogP contribution in [0.15, 0.2) is 12.7 Å². The molecule has 0 aliphatic heterocycles. The highest BCUT2D eigenvalue weighted by Crippen LogP contribution is 2.44. The van der Waals surface area contributed by atoms with Crippen molar-refractivity contribution >= 4 is 17.3 Å². The third-order valence-electron chi connectivity index (χ3n) is 4.30. The van der Waals surface area contributed by atoms with Gasteiger partial charge in [-0.25, -0.2) is 0 Å². The molecule has 0 bridgehead atoms. The van der Waals surface area contributed by atoms with Crippen molar-refractivity contribution in [3.8, 4) is 0 Å². The highest BCUT2D eigenvalue weighted by Gasteiger charge is 2.52. The standard InChI is InChI=1S/C17H31NO3S/c1-6-8-11-17(15(19)21-13-7-2)12-9-10-14(17)18-22(20)16(3,4)5/h7,14,18H,2,6,8-13H2,1,3-5H3/t14-,17-,22?/m1/s1. The molecule has 0 aromatic rings. The van der Waals surface area contributed by atoms with Crippen LogP contribution in [0, 0.1) is 5.41 Å². The van der Waals surface area contributed by atoms with Crippen molar-refractivity contribution in [3.05, 3.63) is 12.7 Å². The summed E-state index contributed by atoms with van der Waals surface area (Å²) in [6.07, 6.45) is 7.03. The van der Waals surface area contributed by atoms with Crippen LogP contribution in [0.1, 0.15) is 66.2 Å². The normalized spacial score (nSPS) is 26.7. The molecule has 5 heteroatoms. The van der Waals surface area contributed by atoms with Gasteiger partial charge in [-0.15, -0.1) is 4.72 Å². The van der Waals surface area contributed by atoms with Crippen molar-refractivity contribution in [3.63, 3.8) is 0 Å². The summed E-state index contributed by atoms with van der Waals surface area (Å²) < 4.78 is 20.7. The molecular formula is C17H31NO3S. The summed E-state index contributed by atoms with van der Waals surface area (Å²) in [6.45, 7) is 11.8. The number of carbonyl (C=O) groups excluding carboxylic acids is 1. The van der Waals surface area contributed by atoms with Gasteiger partial charge in [0.05, 0.1) is 11.5 Å². The zero-order valence-electron chi connectivity index (χ0n) is 14.4. The molecule has 22 heavy (non-hydrogen) atoms. The van der Waals surface area contributed by atoms with E-state index in [1.807, 2.05) is 20.8 Å². The molecule has 1 aliphatic rings. The van der Waals surface area contributed by atoms with Crippen molar-refractivity contribution in [2.24, 2.45) is 5.41 Å². The third kappa shape index (κ3) is 4.74. The molecule has 1 saturated carbocycles. The van der Waals surface area contributed by atoms with Gasteiger partial charge in [0.25, 0.3) is 0 Å². The SMILES string of the molecule is C=CCOC(=O)[C@]1(CCCC)CCC[C@H]1N[S+]([O-])C(C)(C)C. The Balaban J connectivity index is 2.91. The number of ether oxygens (including phenoxy) is 1. The van der Waals surface area contributed by atoms with Gasteiger partial charge in [0.15, 0.2) is 0 Å². The van der Waals surface area contributed by atoms with E-state index in [-0.39, 0.29) is 23.4 Å². The number of unbranched alkanes of at least 4 members (excludes halogenated alkanes) is 1. The minimum atomic E-state index is -1.18. The molecule has 3 atom stereocenters. The second-order valence-electron chi connectivity index (χ2n) is 7.09. The number of hydrogen-bond donors (Lipinski definition) is 1. The zero-order valence-corrected chi connectivity index (χ0v) is 15.3. The Morgan fingerprint density at radius 3 is 2.77 bits per heavy atom. The molecule has 0 heterocycles. The predicted molar refractivity (Wildman–Crippen MR) is 91.8 cm³/mol. The molecule has 0 aromatic carbocycles. The van der Waals surface area contributed by atoms with Crippen LogP contribution >= 0.6 is 0 Å². The third-order valence-corrected chi connectivity index (χ3v) is 5.91. The van der Waals surface area contributed by atoms with E-state index in [4.69, 9.17) is 4.74 Å². The lowest BCUT2D eigenvalue weighted by Gasteiger charge is -2.35. The van der Waals surface area contributed by atoms with E-state index in [0.29, 0.717) is 0 Å². The molecule has 1 fully saturated rings. The second-order valence-corrected chi connectivity index (χ2v) is 9.09. The van der Waals surface area contributed by atoms with Gasteiger partial charge in [-0.2, -0.15) is 0 Å². The highest BCUT2D eigenvalue weighted by atomic mass is 32.2. The molecule has 0 radical (unpaired) electrons. The van der Waals surface area contributed by atoms with Crippen LogP contribution < -0.4 is 4.72 Å². The zero-order chi connectivity index (χ0) is 16.8. The van der Waals surface area contributed by atoms with E-state index in [1.165, 1.54) is 0 Å². The molecule has 0 amide bonds. The minimum absolute atomic E-state index is 0.0728. The Bertz CT molecular complexity index is 381. The number of hydrogen-bond acceptors (Lipinski definition) is 4. The van der Waals surface area contributed by atoms with E-state index < -0.39 is 16.8 Å². The second kappa shape index (κ2) is 8.37. The van der Waals surface area contributed by atoms with E-state index in [0.717, 1.165) is 38.5 Å². The van der Waals surface area contributed by atoms with Gasteiger partial charge in [-0.3, -0.25) is 4.79 Å². The molecule has 1 unspecified atom stereocenters. The van der Waals surface area contributed by atoms with Gasteiger partial charge in [-0.1, -0.05) is 38.8 Å². The van der Waals surface area contributed by atoms with Crippen molar-refractivity contribution in [1.29, 1.82) is 0 Å². The molecule has 0 saturated heterocycles. The summed E-state index contributed by atoms with van der Waals surface area (Å²) in [6, 6.07) is -0.0728. The quantitative estimate of drug-likeness (QED) is 0.421. The highest BCUT2D eigenvalue weighted by molar-refractivity contribution is 7.90. The monoisotopic (exact) mass is 329 g/mol. The fraction of sp³-hybridized carbons (Fsp3) is 0.824. The number of rotatable bonds is 8. The van der Waals surface area contributed by atoms with E-state index >= 15 is 0 Å². The predicted octanol–water partition coefficient (Wildman–Crippen LogP) is 3.50. The van der Waals surface area contributed by atoms with E-state index in [2.05, 4.69) is 18.2 Å². The van der Waals surface area contributed by atoms with Crippen molar-refractivity contribution in [1.82, 2.24) is 4.72 Å². The first-order valence-electron chi connectivity index (χ1n) is 8.24. The largest absolute Gasteiger partial charge is 0.598 e. The Hall–Kier alpha value is -0.520. The van der Waals surface area contributed by atoms with E-state index in [1.54, 1.807) is 6.08 Å². The molecule has 1 aliphatic carbocycles. The Kier molecular flexibility index (Phi) is 7.42. The molecule has 0 aromatic heterocycles. The van der Waals surface area contributed by atoms with Crippen LogP contribution in [0.5, 0.6) is 0 Å². The molecule has 128 valence electrons. The topological polar surface area (TPSA) is 61.4 Å². The fourth-order valence-corrected chi connectivity index (χ4v) is 3.92. The Morgan fingerprint density at radius 1 is 1.55 bits per heavy atom. The van der Waals surface area contributed by atoms with Crippen LogP contribution in [0.25, 0.3) is 0 Å². The van der Waals surface area contributed by atoms with Crippen molar-refractivity contribution < 1.29 is 14.1 Å². The summed E-state index contributed by atoms with van der Waals surface area (Å²) in [5, 5.41) is 0. The number of carbonyl (C=O) groups is 1. The van der Waals surface area contributed by atoms with Crippen molar-refractivity contribution in [2.45, 2.75) is 77.0 Å². The van der Waals surface area contributed by atoms with Gasteiger partial charge in [0, 0.05) is 11.4 Å². The van der Waals surface area contributed by atoms with Gasteiger partial charge < -0.3 is 9.29 Å². The smallest absolute Gasteiger partial charge is 0.314 e. The van der Waals surface area contributed by atoms with Crippen LogP contribution in [0.4, 0.5) is 0 Å². The molecular weight excluding hydrogens is 298 g/mol. The maximum atomic E-state index is 12.7. The first kappa shape index (κ1) is 19.5. The summed E-state index contributed by atoms with van der Waals surface area (Å²) in [7, 11) is 0. The summed E-state index contributed by atoms with van der Waals surface area (Å²) in [4.78, 5) is 12.7. The summed E-state index contributed by atoms with van der Waals surface area (Å²) >= 11 is -1.18. The maximum absolute atomic E-state index is 12.7. The van der Waals surface area contributed by atoms with Gasteiger partial charge in [0.1, 0.15) is 11.4 Å². The molecule has 4 nitrogen and oxygen atoms in total. The summed E-state index contributed by atoms with van der Waals surface area (Å²) in [5.41, 5.74) is -0.542. The first-order valence-corrected chi connectivity index (χ1v) is 9.39. The van der Waals surface area contributed by atoms with Crippen molar-refractivity contribution in [2.75, 3.05) is 6.61 Å². The Labute approximate surface area is 138 Å². The molecule has 1 rings (SSSR count). The lowest BCUT2D eigenvalue weighted by Crippen LogP contribution is -2.53. The van der Waals surface area contributed by atoms with Crippen LogP contribution in [-0.2, 0) is 20.9 Å². The maximum Gasteiger partial charge on any atom is 0.314 e. The van der Waals surface area contributed by atoms with E-state index in [9.17, 15) is 9.35 Å². The molecule has 1 N–H and O–H groups in total. The average molecular weight is 330 g/mol. The lowest BCUT2D eigenvalue weighted by atomic mass is 9.78. The van der Waals surface area contributed by atoms with Crippen LogP contribution in [0.3, 0.4) is 0 Å². The Morgan fingerprint density at radius 2 is 2.23 bits per heavy atom. The van der Waals surface area contributed by atoms with Crippen LogP contribution in [-0.4, -0.2) is 27.9 Å². The van der Waals surface area contributed by atoms with Gasteiger partial charge in [0.2, 0.25) is 0 Å².